The van der Waals surface area contributed by atoms with Crippen LogP contribution in [0.1, 0.15) is 32.8 Å². The molecule has 0 heterocycles. The van der Waals surface area contributed by atoms with Crippen LogP contribution in [0.15, 0.2) is 48.5 Å². The summed E-state index contributed by atoms with van der Waals surface area (Å²) in [5.41, 5.74) is 2.28. The van der Waals surface area contributed by atoms with E-state index in [1.54, 1.807) is 0 Å². The van der Waals surface area contributed by atoms with E-state index >= 15 is 0 Å². The average molecular weight is 343 g/mol. The molecule has 0 saturated heterocycles. The van der Waals surface area contributed by atoms with Gasteiger partial charge in [0.1, 0.15) is 18.1 Å². The molecule has 0 aliphatic heterocycles. The Kier molecular flexibility index (Phi) is 8.13. The van der Waals surface area contributed by atoms with Crippen molar-refractivity contribution in [3.8, 4) is 11.5 Å². The van der Waals surface area contributed by atoms with Crippen LogP contribution in [0.2, 0.25) is 0 Å². The van der Waals surface area contributed by atoms with Gasteiger partial charge >= 0.3 is 0 Å². The molecule has 2 aromatic carbocycles. The molecule has 136 valence electrons. The molecule has 0 fully saturated rings. The lowest BCUT2D eigenvalue weighted by molar-refractivity contribution is 0.110. The molecular weight excluding hydrogens is 314 g/mol. The first-order valence-electron chi connectivity index (χ1n) is 9.01. The molecule has 0 aromatic heterocycles. The maximum absolute atomic E-state index is 5.79. The van der Waals surface area contributed by atoms with Crippen LogP contribution in [0.25, 0.3) is 0 Å². The van der Waals surface area contributed by atoms with Crippen LogP contribution in [0.3, 0.4) is 0 Å². The lowest BCUT2D eigenvalue weighted by Gasteiger charge is -2.13. The van der Waals surface area contributed by atoms with E-state index in [4.69, 9.17) is 14.2 Å². The zero-order valence-corrected chi connectivity index (χ0v) is 15.5. The summed E-state index contributed by atoms with van der Waals surface area (Å²) < 4.78 is 16.7. The van der Waals surface area contributed by atoms with Crippen molar-refractivity contribution in [1.29, 1.82) is 0 Å². The molecule has 2 aromatic rings. The standard InChI is InChI=1S/C21H29NO3/c1-4-17(3)25-21-12-8-19(9-13-21)22-16-18-6-10-20(11-7-18)24-15-14-23-5-2/h6-13,17,22H,4-5,14-16H2,1-3H3. The molecule has 25 heavy (non-hydrogen) atoms. The van der Waals surface area contributed by atoms with E-state index in [0.717, 1.165) is 36.8 Å². The Hall–Kier alpha value is -2.20. The SMILES string of the molecule is CCOCCOc1ccc(CNc2ccc(OC(C)CC)cc2)cc1. The van der Waals surface area contributed by atoms with Crippen LogP contribution in [-0.4, -0.2) is 25.9 Å². The van der Waals surface area contributed by atoms with Crippen LogP contribution in [0.4, 0.5) is 5.69 Å². The Bertz CT molecular complexity index is 596. The van der Waals surface area contributed by atoms with Crippen molar-refractivity contribution >= 4 is 5.69 Å². The smallest absolute Gasteiger partial charge is 0.119 e. The maximum atomic E-state index is 5.79. The Morgan fingerprint density at radius 2 is 1.56 bits per heavy atom. The molecule has 0 amide bonds. The van der Waals surface area contributed by atoms with Crippen LogP contribution >= 0.6 is 0 Å². The van der Waals surface area contributed by atoms with Gasteiger partial charge in [0.25, 0.3) is 0 Å². The third-order valence-electron chi connectivity index (χ3n) is 3.89. The van der Waals surface area contributed by atoms with Gasteiger partial charge in [-0.1, -0.05) is 19.1 Å². The molecule has 1 unspecified atom stereocenters. The zero-order chi connectivity index (χ0) is 17.9. The Morgan fingerprint density at radius 3 is 2.20 bits per heavy atom. The number of nitrogens with one attached hydrogen (secondary N) is 1. The summed E-state index contributed by atoms with van der Waals surface area (Å²) in [5.74, 6) is 1.78. The quantitative estimate of drug-likeness (QED) is 0.590. The highest BCUT2D eigenvalue weighted by atomic mass is 16.5. The second-order valence-corrected chi connectivity index (χ2v) is 5.90. The second kappa shape index (κ2) is 10.6. The Balaban J connectivity index is 1.77. The van der Waals surface area contributed by atoms with E-state index in [0.29, 0.717) is 13.2 Å². The average Bonchev–Trinajstić information content (AvgIpc) is 2.65. The first-order chi connectivity index (χ1) is 12.2. The van der Waals surface area contributed by atoms with Crippen molar-refractivity contribution in [2.75, 3.05) is 25.1 Å². The van der Waals surface area contributed by atoms with Crippen LogP contribution < -0.4 is 14.8 Å². The summed E-state index contributed by atoms with van der Waals surface area (Å²) in [4.78, 5) is 0. The summed E-state index contributed by atoms with van der Waals surface area (Å²) in [6.45, 7) is 8.87. The van der Waals surface area contributed by atoms with E-state index in [1.807, 2.05) is 43.3 Å². The molecule has 1 N–H and O–H groups in total. The number of anilines is 1. The minimum atomic E-state index is 0.244. The molecule has 4 nitrogen and oxygen atoms in total. The predicted octanol–water partition coefficient (Wildman–Crippen LogP) is 4.89. The monoisotopic (exact) mass is 343 g/mol. The van der Waals surface area contributed by atoms with E-state index < -0.39 is 0 Å². The Morgan fingerprint density at radius 1 is 0.880 bits per heavy atom. The molecule has 1 atom stereocenters. The third kappa shape index (κ3) is 7.06. The van der Waals surface area contributed by atoms with E-state index in [9.17, 15) is 0 Å². The van der Waals surface area contributed by atoms with Gasteiger partial charge in [-0.25, -0.2) is 0 Å². The summed E-state index contributed by atoms with van der Waals surface area (Å²) in [6, 6.07) is 16.2. The lowest BCUT2D eigenvalue weighted by Crippen LogP contribution is -2.09. The van der Waals surface area contributed by atoms with Gasteiger partial charge < -0.3 is 19.5 Å². The fourth-order valence-corrected chi connectivity index (χ4v) is 2.24. The fourth-order valence-electron chi connectivity index (χ4n) is 2.24. The third-order valence-corrected chi connectivity index (χ3v) is 3.89. The molecule has 4 heteroatoms. The van der Waals surface area contributed by atoms with E-state index in [1.165, 1.54) is 5.56 Å². The summed E-state index contributed by atoms with van der Waals surface area (Å²) >= 11 is 0. The molecule has 0 spiro atoms. The van der Waals surface area contributed by atoms with Gasteiger partial charge in [-0.3, -0.25) is 0 Å². The topological polar surface area (TPSA) is 39.7 Å². The fraction of sp³-hybridized carbons (Fsp3) is 0.429. The van der Waals surface area contributed by atoms with Gasteiger partial charge in [-0.15, -0.1) is 0 Å². The zero-order valence-electron chi connectivity index (χ0n) is 15.5. The predicted molar refractivity (Wildman–Crippen MR) is 103 cm³/mol. The van der Waals surface area contributed by atoms with Gasteiger partial charge in [-0.05, 0) is 62.2 Å². The summed E-state index contributed by atoms with van der Waals surface area (Å²) in [7, 11) is 0. The highest BCUT2D eigenvalue weighted by Gasteiger charge is 2.01. The number of hydrogen-bond donors (Lipinski definition) is 1. The minimum Gasteiger partial charge on any atom is -0.491 e. The van der Waals surface area contributed by atoms with Crippen molar-refractivity contribution in [2.24, 2.45) is 0 Å². The van der Waals surface area contributed by atoms with Crippen LogP contribution in [-0.2, 0) is 11.3 Å². The molecule has 0 aliphatic rings. The molecule has 0 radical (unpaired) electrons. The first-order valence-corrected chi connectivity index (χ1v) is 9.01. The highest BCUT2D eigenvalue weighted by molar-refractivity contribution is 5.47. The van der Waals surface area contributed by atoms with Crippen molar-refractivity contribution in [3.05, 3.63) is 54.1 Å². The second-order valence-electron chi connectivity index (χ2n) is 5.90. The van der Waals surface area contributed by atoms with Crippen LogP contribution in [0.5, 0.6) is 11.5 Å². The number of rotatable bonds is 11. The van der Waals surface area contributed by atoms with Gasteiger partial charge in [0.15, 0.2) is 0 Å². The van der Waals surface area contributed by atoms with Crippen LogP contribution in [0, 0.1) is 0 Å². The van der Waals surface area contributed by atoms with Crippen molar-refractivity contribution in [3.63, 3.8) is 0 Å². The van der Waals surface area contributed by atoms with Crippen molar-refractivity contribution in [2.45, 2.75) is 39.8 Å². The molecule has 0 bridgehead atoms. The highest BCUT2D eigenvalue weighted by Crippen LogP contribution is 2.19. The lowest BCUT2D eigenvalue weighted by atomic mass is 10.2. The molecule has 0 aliphatic carbocycles. The molecule has 0 saturated carbocycles. The molecule has 2 rings (SSSR count). The minimum absolute atomic E-state index is 0.244. The van der Waals surface area contributed by atoms with Gasteiger partial charge in [0.05, 0.1) is 12.7 Å². The molecular formula is C21H29NO3. The number of ether oxygens (including phenoxy) is 3. The van der Waals surface area contributed by atoms with E-state index in [2.05, 4.69) is 31.3 Å². The first kappa shape index (κ1) is 19.1. The summed E-state index contributed by atoms with van der Waals surface area (Å²) in [5, 5.41) is 3.42. The van der Waals surface area contributed by atoms with Gasteiger partial charge in [0, 0.05) is 18.8 Å². The number of hydrogen-bond acceptors (Lipinski definition) is 4. The maximum Gasteiger partial charge on any atom is 0.119 e. The van der Waals surface area contributed by atoms with Gasteiger partial charge in [0.2, 0.25) is 0 Å². The van der Waals surface area contributed by atoms with Gasteiger partial charge in [-0.2, -0.15) is 0 Å². The van der Waals surface area contributed by atoms with Crippen molar-refractivity contribution < 1.29 is 14.2 Å². The normalized spacial score (nSPS) is 11.8. The van der Waals surface area contributed by atoms with Crippen molar-refractivity contribution in [1.82, 2.24) is 0 Å². The Labute approximate surface area is 151 Å². The van der Waals surface area contributed by atoms with E-state index in [-0.39, 0.29) is 6.10 Å². The largest absolute Gasteiger partial charge is 0.491 e. The number of benzene rings is 2. The summed E-state index contributed by atoms with van der Waals surface area (Å²) in [6.07, 6.45) is 1.25.